The van der Waals surface area contributed by atoms with Crippen LogP contribution in [0.25, 0.3) is 5.76 Å². The van der Waals surface area contributed by atoms with Gasteiger partial charge in [-0.2, -0.15) is 0 Å². The van der Waals surface area contributed by atoms with E-state index in [0.29, 0.717) is 19.3 Å². The van der Waals surface area contributed by atoms with E-state index in [0.717, 1.165) is 28.9 Å². The largest absolute Gasteiger partial charge is 0.461 e. The zero-order valence-corrected chi connectivity index (χ0v) is 17.3. The first-order chi connectivity index (χ1) is 15.2. The maximum absolute atomic E-state index is 13.6. The number of rotatable bonds is 3. The van der Waals surface area contributed by atoms with E-state index in [9.17, 15) is 4.79 Å². The summed E-state index contributed by atoms with van der Waals surface area (Å²) in [5, 5.41) is 0. The number of Topliss-reactive ketones (excluding diaryl/α,β-unsaturated/α-hetero) is 1. The fourth-order valence-electron chi connectivity index (χ4n) is 5.71. The van der Waals surface area contributed by atoms with Crippen LogP contribution in [0.4, 0.5) is 0 Å². The van der Waals surface area contributed by atoms with Gasteiger partial charge in [-0.05, 0) is 23.6 Å². The molecule has 0 amide bonds. The van der Waals surface area contributed by atoms with Crippen LogP contribution in [0, 0.1) is 5.41 Å². The molecule has 3 aliphatic rings. The number of ketones is 1. The average Bonchev–Trinajstić information content (AvgIpc) is 3.32. The van der Waals surface area contributed by atoms with Crippen molar-refractivity contribution in [2.45, 2.75) is 37.1 Å². The summed E-state index contributed by atoms with van der Waals surface area (Å²) >= 11 is 0. The molecule has 6 rings (SSSR count). The zero-order valence-electron chi connectivity index (χ0n) is 17.3. The third-order valence-electron chi connectivity index (χ3n) is 7.14. The first-order valence-electron chi connectivity index (χ1n) is 11.0. The Balaban J connectivity index is 1.56. The molecule has 2 aliphatic heterocycles. The van der Waals surface area contributed by atoms with Gasteiger partial charge in [-0.1, -0.05) is 91.0 Å². The first kappa shape index (κ1) is 18.6. The van der Waals surface area contributed by atoms with E-state index in [4.69, 9.17) is 9.47 Å². The fourth-order valence-corrected chi connectivity index (χ4v) is 5.71. The van der Waals surface area contributed by atoms with Gasteiger partial charge in [0.05, 0.1) is 0 Å². The van der Waals surface area contributed by atoms with Crippen molar-refractivity contribution in [1.29, 1.82) is 0 Å². The molecule has 2 fully saturated rings. The van der Waals surface area contributed by atoms with Crippen molar-refractivity contribution in [3.63, 3.8) is 0 Å². The van der Waals surface area contributed by atoms with Crippen molar-refractivity contribution >= 4 is 11.5 Å². The highest BCUT2D eigenvalue weighted by Crippen LogP contribution is 2.67. The maximum Gasteiger partial charge on any atom is 0.228 e. The average molecular weight is 408 g/mol. The first-order valence-corrected chi connectivity index (χ1v) is 11.0. The van der Waals surface area contributed by atoms with E-state index in [-0.39, 0.29) is 5.78 Å². The Morgan fingerprint density at radius 2 is 1.32 bits per heavy atom. The molecule has 0 aromatic heterocycles. The van der Waals surface area contributed by atoms with Gasteiger partial charge in [0.25, 0.3) is 0 Å². The van der Waals surface area contributed by atoms with Gasteiger partial charge >= 0.3 is 0 Å². The molecule has 1 saturated heterocycles. The van der Waals surface area contributed by atoms with Crippen molar-refractivity contribution in [3.05, 3.63) is 114 Å². The predicted molar refractivity (Wildman–Crippen MR) is 119 cm³/mol. The highest BCUT2D eigenvalue weighted by atomic mass is 16.7. The Morgan fingerprint density at radius 3 is 1.90 bits per heavy atom. The molecule has 2 unspecified atom stereocenters. The molecule has 31 heavy (non-hydrogen) atoms. The third kappa shape index (κ3) is 2.53. The second-order valence-electron chi connectivity index (χ2n) is 8.82. The van der Waals surface area contributed by atoms with Crippen LogP contribution in [-0.2, 0) is 19.9 Å². The van der Waals surface area contributed by atoms with E-state index >= 15 is 0 Å². The summed E-state index contributed by atoms with van der Waals surface area (Å²) in [4.78, 5) is 13.6. The number of benzene rings is 3. The van der Waals surface area contributed by atoms with E-state index < -0.39 is 16.8 Å². The molecule has 0 bridgehead atoms. The van der Waals surface area contributed by atoms with E-state index in [1.807, 2.05) is 66.7 Å². The minimum Gasteiger partial charge on any atom is -0.461 e. The zero-order chi connectivity index (χ0) is 20.9. The van der Waals surface area contributed by atoms with Crippen LogP contribution < -0.4 is 0 Å². The van der Waals surface area contributed by atoms with Crippen LogP contribution in [-0.4, -0.2) is 11.6 Å². The Hall–Kier alpha value is -3.17. The van der Waals surface area contributed by atoms with Crippen LogP contribution in [0.5, 0.6) is 0 Å². The molecule has 1 aliphatic carbocycles. The summed E-state index contributed by atoms with van der Waals surface area (Å²) in [6.07, 6.45) is 4.65. The minimum atomic E-state index is -0.973. The summed E-state index contributed by atoms with van der Waals surface area (Å²) in [7, 11) is 0. The SMILES string of the molecule is O=C1CCCC23OC(c4ccccc4)=CC12CC(c1ccccc1)(c1ccccc1)O3. The van der Waals surface area contributed by atoms with Crippen LogP contribution in [0.3, 0.4) is 0 Å². The lowest BCUT2D eigenvalue weighted by molar-refractivity contribution is -0.239. The van der Waals surface area contributed by atoms with E-state index in [2.05, 4.69) is 30.3 Å². The quantitative estimate of drug-likeness (QED) is 0.545. The Morgan fingerprint density at radius 1 is 0.742 bits per heavy atom. The molecular formula is C28H24O3. The van der Waals surface area contributed by atoms with Gasteiger partial charge in [0, 0.05) is 24.8 Å². The maximum atomic E-state index is 13.6. The van der Waals surface area contributed by atoms with Crippen molar-refractivity contribution in [2.75, 3.05) is 0 Å². The summed E-state index contributed by atoms with van der Waals surface area (Å²) in [6.45, 7) is 0. The van der Waals surface area contributed by atoms with Crippen molar-refractivity contribution in [2.24, 2.45) is 5.41 Å². The van der Waals surface area contributed by atoms with E-state index in [1.54, 1.807) is 0 Å². The number of ether oxygens (including phenoxy) is 2. The second kappa shape index (κ2) is 6.66. The molecule has 2 heterocycles. The van der Waals surface area contributed by atoms with E-state index in [1.165, 1.54) is 0 Å². The lowest BCUT2D eigenvalue weighted by Crippen LogP contribution is -2.50. The number of hydrogen-bond acceptors (Lipinski definition) is 3. The van der Waals surface area contributed by atoms with Gasteiger partial charge in [0.2, 0.25) is 5.79 Å². The topological polar surface area (TPSA) is 35.5 Å². The molecular weight excluding hydrogens is 384 g/mol. The molecule has 0 radical (unpaired) electrons. The van der Waals surface area contributed by atoms with Crippen molar-refractivity contribution in [3.8, 4) is 0 Å². The molecule has 154 valence electrons. The standard InChI is InChI=1S/C28H24O3/c29-25-17-10-18-28-26(25,19-24(30-28)21-11-4-1-5-12-21)20-27(31-28,22-13-6-2-7-14-22)23-15-8-3-9-16-23/h1-9,11-16,19H,10,17-18,20H2. The monoisotopic (exact) mass is 408 g/mol. The molecule has 0 N–H and O–H groups in total. The highest BCUT2D eigenvalue weighted by molar-refractivity contribution is 5.92. The van der Waals surface area contributed by atoms with Gasteiger partial charge in [-0.15, -0.1) is 0 Å². The fraction of sp³-hybridized carbons (Fsp3) is 0.250. The van der Waals surface area contributed by atoms with Crippen LogP contribution >= 0.6 is 0 Å². The van der Waals surface area contributed by atoms with Crippen LogP contribution in [0.2, 0.25) is 0 Å². The number of carbonyl (C=O) groups is 1. The van der Waals surface area contributed by atoms with Gasteiger partial charge in [0.1, 0.15) is 22.6 Å². The number of carbonyl (C=O) groups excluding carboxylic acids is 1. The molecule has 2 atom stereocenters. The molecule has 0 spiro atoms. The smallest absolute Gasteiger partial charge is 0.228 e. The van der Waals surface area contributed by atoms with Crippen molar-refractivity contribution in [1.82, 2.24) is 0 Å². The third-order valence-corrected chi connectivity index (χ3v) is 7.14. The van der Waals surface area contributed by atoms with Crippen LogP contribution in [0.1, 0.15) is 42.4 Å². The normalized spacial score (nSPS) is 28.4. The van der Waals surface area contributed by atoms with Crippen molar-refractivity contribution < 1.29 is 14.3 Å². The lowest BCUT2D eigenvalue weighted by atomic mass is 9.65. The van der Waals surface area contributed by atoms with Gasteiger partial charge in [0.15, 0.2) is 0 Å². The molecule has 3 nitrogen and oxygen atoms in total. The summed E-state index contributed by atoms with van der Waals surface area (Å²) in [5.41, 5.74) is 1.58. The molecule has 3 aromatic carbocycles. The Labute approximate surface area is 182 Å². The molecule has 3 aromatic rings. The number of hydrogen-bond donors (Lipinski definition) is 0. The van der Waals surface area contributed by atoms with Gasteiger partial charge in [-0.25, -0.2) is 0 Å². The second-order valence-corrected chi connectivity index (χ2v) is 8.82. The summed E-state index contributed by atoms with van der Waals surface area (Å²) < 4.78 is 13.7. The summed E-state index contributed by atoms with van der Waals surface area (Å²) in [5.74, 6) is 0.00289. The Bertz CT molecular complexity index is 1110. The van der Waals surface area contributed by atoms with Gasteiger partial charge in [-0.3, -0.25) is 4.79 Å². The highest BCUT2D eigenvalue weighted by Gasteiger charge is 2.73. The lowest BCUT2D eigenvalue weighted by Gasteiger charge is -2.40. The van der Waals surface area contributed by atoms with Gasteiger partial charge < -0.3 is 9.47 Å². The van der Waals surface area contributed by atoms with Crippen LogP contribution in [0.15, 0.2) is 97.1 Å². The molecule has 1 saturated carbocycles. The predicted octanol–water partition coefficient (Wildman–Crippen LogP) is 5.86. The summed E-state index contributed by atoms with van der Waals surface area (Å²) in [6, 6.07) is 30.6. The molecule has 3 heteroatoms. The Kier molecular flexibility index (Phi) is 4.00. The minimum absolute atomic E-state index is 0.221.